The van der Waals surface area contributed by atoms with Crippen molar-refractivity contribution in [1.29, 1.82) is 0 Å². The lowest BCUT2D eigenvalue weighted by Crippen LogP contribution is -2.60. The van der Waals surface area contributed by atoms with E-state index in [2.05, 4.69) is 31.1 Å². The Kier molecular flexibility index (Phi) is 3.33. The van der Waals surface area contributed by atoms with Gasteiger partial charge in [0.2, 0.25) is 0 Å². The molecule has 2 atom stereocenters. The summed E-state index contributed by atoms with van der Waals surface area (Å²) in [6.07, 6.45) is 1.03. The summed E-state index contributed by atoms with van der Waals surface area (Å²) in [4.78, 5) is 2.26. The van der Waals surface area contributed by atoms with Crippen molar-refractivity contribution >= 4 is 0 Å². The van der Waals surface area contributed by atoms with E-state index in [1.807, 2.05) is 6.92 Å². The number of piperidine rings is 1. The summed E-state index contributed by atoms with van der Waals surface area (Å²) in [6.45, 7) is 7.96. The van der Waals surface area contributed by atoms with Gasteiger partial charge in [-0.2, -0.15) is 0 Å². The molecule has 0 aliphatic carbocycles. The molecule has 0 aromatic carbocycles. The van der Waals surface area contributed by atoms with Gasteiger partial charge >= 0.3 is 0 Å². The van der Waals surface area contributed by atoms with Gasteiger partial charge < -0.3 is 10.4 Å². The minimum Gasteiger partial charge on any atom is -0.387 e. The molecule has 1 rings (SSSR count). The van der Waals surface area contributed by atoms with E-state index in [0.717, 1.165) is 13.0 Å². The van der Waals surface area contributed by atoms with Crippen LogP contribution in [-0.4, -0.2) is 47.8 Å². The van der Waals surface area contributed by atoms with Crippen LogP contribution in [0.25, 0.3) is 0 Å². The van der Waals surface area contributed by atoms with Gasteiger partial charge in [-0.1, -0.05) is 0 Å². The van der Waals surface area contributed by atoms with Crippen molar-refractivity contribution in [2.75, 3.05) is 20.1 Å². The SMILES string of the molecule is CC(C)N(C)[C@@H]1CCNC[C@@]1(C)O. The Hall–Kier alpha value is -0.120. The van der Waals surface area contributed by atoms with Crippen LogP contribution in [0.2, 0.25) is 0 Å². The molecule has 0 saturated carbocycles. The molecular weight excluding hydrogens is 164 g/mol. The highest BCUT2D eigenvalue weighted by Gasteiger charge is 2.37. The molecule has 2 N–H and O–H groups in total. The van der Waals surface area contributed by atoms with Crippen LogP contribution in [0, 0.1) is 0 Å². The largest absolute Gasteiger partial charge is 0.387 e. The number of hydrogen-bond acceptors (Lipinski definition) is 3. The molecule has 0 aromatic heterocycles. The standard InChI is InChI=1S/C10H22N2O/c1-8(2)12(4)9-5-6-11-7-10(9,3)13/h8-9,11,13H,5-7H2,1-4H3/t9-,10-/m1/s1. The minimum absolute atomic E-state index is 0.286. The van der Waals surface area contributed by atoms with Gasteiger partial charge in [0.05, 0.1) is 5.60 Å². The summed E-state index contributed by atoms with van der Waals surface area (Å²) in [5.41, 5.74) is -0.586. The number of rotatable bonds is 2. The van der Waals surface area contributed by atoms with Gasteiger partial charge in [-0.15, -0.1) is 0 Å². The summed E-state index contributed by atoms with van der Waals surface area (Å²) < 4.78 is 0. The molecule has 1 fully saturated rings. The van der Waals surface area contributed by atoms with Crippen molar-refractivity contribution in [1.82, 2.24) is 10.2 Å². The first kappa shape index (κ1) is 11.0. The monoisotopic (exact) mass is 186 g/mol. The second-order valence-electron chi connectivity index (χ2n) is 4.60. The van der Waals surface area contributed by atoms with Gasteiger partial charge in [0.25, 0.3) is 0 Å². The molecule has 1 saturated heterocycles. The Bertz CT molecular complexity index is 168. The molecule has 78 valence electrons. The van der Waals surface area contributed by atoms with Crippen LogP contribution in [0.1, 0.15) is 27.2 Å². The van der Waals surface area contributed by atoms with E-state index in [1.165, 1.54) is 0 Å². The Morgan fingerprint density at radius 2 is 2.15 bits per heavy atom. The quantitative estimate of drug-likeness (QED) is 0.657. The molecule has 13 heavy (non-hydrogen) atoms. The smallest absolute Gasteiger partial charge is 0.0898 e. The van der Waals surface area contributed by atoms with Crippen LogP contribution in [0.5, 0.6) is 0 Å². The molecule has 3 nitrogen and oxygen atoms in total. The van der Waals surface area contributed by atoms with E-state index in [1.54, 1.807) is 0 Å². The molecular formula is C10H22N2O. The normalized spacial score (nSPS) is 35.8. The summed E-state index contributed by atoms with van der Waals surface area (Å²) >= 11 is 0. The van der Waals surface area contributed by atoms with Crippen LogP contribution >= 0.6 is 0 Å². The number of β-amino-alcohol motifs (C(OH)–C–C–N with tert-alkyl or cyclic N) is 1. The third kappa shape index (κ3) is 2.42. The number of aliphatic hydroxyl groups is 1. The van der Waals surface area contributed by atoms with E-state index in [9.17, 15) is 5.11 Å². The summed E-state index contributed by atoms with van der Waals surface area (Å²) in [5, 5.41) is 13.4. The zero-order chi connectivity index (χ0) is 10.1. The Labute approximate surface area is 81.1 Å². The predicted molar refractivity (Wildman–Crippen MR) is 54.8 cm³/mol. The summed E-state index contributed by atoms with van der Waals surface area (Å²) in [6, 6.07) is 0.781. The van der Waals surface area contributed by atoms with E-state index in [0.29, 0.717) is 12.6 Å². The summed E-state index contributed by atoms with van der Waals surface area (Å²) in [5.74, 6) is 0. The van der Waals surface area contributed by atoms with Crippen LogP contribution < -0.4 is 5.32 Å². The second kappa shape index (κ2) is 3.95. The highest BCUT2D eigenvalue weighted by atomic mass is 16.3. The molecule has 0 spiro atoms. The summed E-state index contributed by atoms with van der Waals surface area (Å²) in [7, 11) is 2.09. The molecule has 0 aromatic rings. The van der Waals surface area contributed by atoms with Crippen LogP contribution in [0.4, 0.5) is 0 Å². The maximum atomic E-state index is 10.1. The van der Waals surface area contributed by atoms with Crippen molar-refractivity contribution in [3.05, 3.63) is 0 Å². The fraction of sp³-hybridized carbons (Fsp3) is 1.00. The van der Waals surface area contributed by atoms with E-state index in [4.69, 9.17) is 0 Å². The first-order valence-corrected chi connectivity index (χ1v) is 5.10. The molecule has 0 unspecified atom stereocenters. The first-order valence-electron chi connectivity index (χ1n) is 5.10. The zero-order valence-corrected chi connectivity index (χ0v) is 9.17. The third-order valence-electron chi connectivity index (χ3n) is 3.10. The van der Waals surface area contributed by atoms with Gasteiger partial charge in [-0.3, -0.25) is 4.90 Å². The van der Waals surface area contributed by atoms with Gasteiger partial charge in [0, 0.05) is 18.6 Å². The zero-order valence-electron chi connectivity index (χ0n) is 9.17. The lowest BCUT2D eigenvalue weighted by Gasteiger charge is -2.44. The molecule has 1 aliphatic rings. The lowest BCUT2D eigenvalue weighted by atomic mass is 9.88. The Morgan fingerprint density at radius 3 is 2.62 bits per heavy atom. The molecule has 3 heteroatoms. The minimum atomic E-state index is -0.586. The second-order valence-corrected chi connectivity index (χ2v) is 4.60. The molecule has 0 bridgehead atoms. The van der Waals surface area contributed by atoms with Crippen LogP contribution in [0.3, 0.4) is 0 Å². The van der Waals surface area contributed by atoms with Crippen LogP contribution in [0.15, 0.2) is 0 Å². The van der Waals surface area contributed by atoms with Crippen molar-refractivity contribution in [2.45, 2.75) is 44.9 Å². The average molecular weight is 186 g/mol. The molecule has 1 aliphatic heterocycles. The van der Waals surface area contributed by atoms with Crippen molar-refractivity contribution in [3.63, 3.8) is 0 Å². The van der Waals surface area contributed by atoms with Gasteiger partial charge in [-0.05, 0) is 40.8 Å². The number of likely N-dealkylation sites (N-methyl/N-ethyl adjacent to an activating group) is 1. The van der Waals surface area contributed by atoms with Crippen LogP contribution in [-0.2, 0) is 0 Å². The van der Waals surface area contributed by atoms with Crippen molar-refractivity contribution < 1.29 is 5.11 Å². The fourth-order valence-electron chi connectivity index (χ4n) is 2.01. The van der Waals surface area contributed by atoms with Crippen molar-refractivity contribution in [3.8, 4) is 0 Å². The topological polar surface area (TPSA) is 35.5 Å². The fourth-order valence-corrected chi connectivity index (χ4v) is 2.01. The maximum Gasteiger partial charge on any atom is 0.0898 e. The molecule has 0 amide bonds. The lowest BCUT2D eigenvalue weighted by molar-refractivity contribution is -0.0505. The maximum absolute atomic E-state index is 10.1. The molecule has 1 heterocycles. The van der Waals surface area contributed by atoms with E-state index < -0.39 is 5.60 Å². The number of nitrogens with zero attached hydrogens (tertiary/aromatic N) is 1. The first-order chi connectivity index (χ1) is 5.95. The van der Waals surface area contributed by atoms with Gasteiger partial charge in [-0.25, -0.2) is 0 Å². The van der Waals surface area contributed by atoms with Gasteiger partial charge in [0.15, 0.2) is 0 Å². The Balaban J connectivity index is 2.65. The highest BCUT2D eigenvalue weighted by Crippen LogP contribution is 2.22. The highest BCUT2D eigenvalue weighted by molar-refractivity contribution is 4.95. The Morgan fingerprint density at radius 1 is 1.54 bits per heavy atom. The van der Waals surface area contributed by atoms with E-state index in [-0.39, 0.29) is 6.04 Å². The predicted octanol–water partition coefficient (Wildman–Crippen LogP) is 0.440. The molecule has 0 radical (unpaired) electrons. The third-order valence-corrected chi connectivity index (χ3v) is 3.10. The van der Waals surface area contributed by atoms with E-state index >= 15 is 0 Å². The average Bonchev–Trinajstić information content (AvgIpc) is 2.02. The number of hydrogen-bond donors (Lipinski definition) is 2. The van der Waals surface area contributed by atoms with Crippen molar-refractivity contribution in [2.24, 2.45) is 0 Å². The van der Waals surface area contributed by atoms with Gasteiger partial charge in [0.1, 0.15) is 0 Å². The number of nitrogens with one attached hydrogen (secondary N) is 1.